The quantitative estimate of drug-likeness (QED) is 0.352. The van der Waals surface area contributed by atoms with Crippen LogP contribution in [-0.4, -0.2) is 20.8 Å². The molecule has 0 saturated carbocycles. The SMILES string of the molecule is CCCCCCCCn1nnc(-c2ccccc2)c1C(=O)c1ccccc1. The van der Waals surface area contributed by atoms with Crippen LogP contribution < -0.4 is 0 Å². The molecule has 0 atom stereocenters. The van der Waals surface area contributed by atoms with Crippen LogP contribution in [0.1, 0.15) is 61.5 Å². The molecule has 4 heteroatoms. The number of hydrogen-bond donors (Lipinski definition) is 0. The highest BCUT2D eigenvalue weighted by atomic mass is 16.1. The van der Waals surface area contributed by atoms with E-state index in [-0.39, 0.29) is 5.78 Å². The first-order valence-corrected chi connectivity index (χ1v) is 9.90. The van der Waals surface area contributed by atoms with E-state index in [9.17, 15) is 4.79 Å². The monoisotopic (exact) mass is 361 g/mol. The third kappa shape index (κ3) is 4.91. The van der Waals surface area contributed by atoms with E-state index < -0.39 is 0 Å². The van der Waals surface area contributed by atoms with Gasteiger partial charge in [0.25, 0.3) is 0 Å². The average molecular weight is 361 g/mol. The first kappa shape index (κ1) is 19.0. The number of rotatable bonds is 10. The summed E-state index contributed by atoms with van der Waals surface area (Å²) >= 11 is 0. The van der Waals surface area contributed by atoms with Gasteiger partial charge in [0.2, 0.25) is 5.78 Å². The Balaban J connectivity index is 1.83. The second kappa shape index (κ2) is 9.81. The summed E-state index contributed by atoms with van der Waals surface area (Å²) in [5, 5.41) is 8.67. The second-order valence-electron chi connectivity index (χ2n) is 6.84. The number of nitrogens with zero attached hydrogens (tertiary/aromatic N) is 3. The largest absolute Gasteiger partial charge is 0.287 e. The van der Waals surface area contributed by atoms with Gasteiger partial charge in [-0.1, -0.05) is 105 Å². The van der Waals surface area contributed by atoms with Crippen LogP contribution in [-0.2, 0) is 6.54 Å². The van der Waals surface area contributed by atoms with E-state index in [0.717, 1.165) is 24.9 Å². The maximum absolute atomic E-state index is 13.2. The Bertz CT molecular complexity index is 841. The summed E-state index contributed by atoms with van der Waals surface area (Å²) in [6, 6.07) is 19.2. The van der Waals surface area contributed by atoms with E-state index in [0.29, 0.717) is 17.0 Å². The van der Waals surface area contributed by atoms with Gasteiger partial charge in [0.15, 0.2) is 0 Å². The number of aromatic nitrogens is 3. The molecule has 0 aliphatic rings. The first-order valence-electron chi connectivity index (χ1n) is 9.90. The van der Waals surface area contributed by atoms with Gasteiger partial charge >= 0.3 is 0 Å². The molecule has 0 radical (unpaired) electrons. The van der Waals surface area contributed by atoms with Gasteiger partial charge in [-0.2, -0.15) is 0 Å². The maximum Gasteiger partial charge on any atom is 0.213 e. The van der Waals surface area contributed by atoms with Crippen LogP contribution in [0, 0.1) is 0 Å². The standard InChI is InChI=1S/C23H27N3O/c1-2-3-4-5-6-13-18-26-22(23(27)20-16-11-8-12-17-20)21(24-25-26)19-14-9-7-10-15-19/h7-12,14-17H,2-6,13,18H2,1H3. The number of carbonyl (C=O) groups excluding carboxylic acids is 1. The Hall–Kier alpha value is -2.75. The van der Waals surface area contributed by atoms with Crippen molar-refractivity contribution in [2.45, 2.75) is 52.0 Å². The van der Waals surface area contributed by atoms with Crippen LogP contribution in [0.15, 0.2) is 60.7 Å². The minimum atomic E-state index is -0.0227. The van der Waals surface area contributed by atoms with Crippen molar-refractivity contribution >= 4 is 5.78 Å². The third-order valence-corrected chi connectivity index (χ3v) is 4.76. The fourth-order valence-corrected chi connectivity index (χ4v) is 3.25. The lowest BCUT2D eigenvalue weighted by atomic mass is 10.0. The summed E-state index contributed by atoms with van der Waals surface area (Å²) in [5.41, 5.74) is 2.84. The van der Waals surface area contributed by atoms with Crippen LogP contribution in [0.3, 0.4) is 0 Å². The maximum atomic E-state index is 13.2. The Labute approximate surface area is 161 Å². The summed E-state index contributed by atoms with van der Waals surface area (Å²) in [6.45, 7) is 2.95. The molecule has 140 valence electrons. The van der Waals surface area contributed by atoms with Gasteiger partial charge in [0.1, 0.15) is 11.4 Å². The molecule has 4 nitrogen and oxygen atoms in total. The predicted molar refractivity (Wildman–Crippen MR) is 109 cm³/mol. The van der Waals surface area contributed by atoms with Crippen molar-refractivity contribution in [3.63, 3.8) is 0 Å². The fraction of sp³-hybridized carbons (Fsp3) is 0.348. The molecule has 0 amide bonds. The second-order valence-corrected chi connectivity index (χ2v) is 6.84. The van der Waals surface area contributed by atoms with Crippen molar-refractivity contribution < 1.29 is 4.79 Å². The van der Waals surface area contributed by atoms with E-state index in [4.69, 9.17) is 0 Å². The number of carbonyl (C=O) groups is 1. The minimum Gasteiger partial charge on any atom is -0.287 e. The lowest BCUT2D eigenvalue weighted by Gasteiger charge is -2.08. The first-order chi connectivity index (χ1) is 13.3. The molecule has 0 bridgehead atoms. The lowest BCUT2D eigenvalue weighted by Crippen LogP contribution is -2.13. The molecule has 27 heavy (non-hydrogen) atoms. The zero-order valence-electron chi connectivity index (χ0n) is 16.0. The number of ketones is 1. The summed E-state index contributed by atoms with van der Waals surface area (Å²) in [6.07, 6.45) is 7.21. The van der Waals surface area contributed by atoms with Gasteiger partial charge in [-0.15, -0.1) is 5.10 Å². The molecular weight excluding hydrogens is 334 g/mol. The highest BCUT2D eigenvalue weighted by molar-refractivity contribution is 6.11. The zero-order valence-corrected chi connectivity index (χ0v) is 16.0. The zero-order chi connectivity index (χ0) is 18.9. The van der Waals surface area contributed by atoms with Crippen LogP contribution in [0.4, 0.5) is 0 Å². The molecule has 0 fully saturated rings. The van der Waals surface area contributed by atoms with Gasteiger partial charge in [-0.25, -0.2) is 4.68 Å². The fourth-order valence-electron chi connectivity index (χ4n) is 3.25. The lowest BCUT2D eigenvalue weighted by molar-refractivity contribution is 0.102. The molecule has 1 aromatic heterocycles. The molecule has 2 aromatic carbocycles. The van der Waals surface area contributed by atoms with Gasteiger partial charge < -0.3 is 0 Å². The van der Waals surface area contributed by atoms with Crippen LogP contribution in [0.2, 0.25) is 0 Å². The van der Waals surface area contributed by atoms with Crippen molar-refractivity contribution in [1.82, 2.24) is 15.0 Å². The predicted octanol–water partition coefficient (Wildman–Crippen LogP) is 5.54. The normalized spacial score (nSPS) is 10.9. The van der Waals surface area contributed by atoms with Gasteiger partial charge in [0, 0.05) is 17.7 Å². The van der Waals surface area contributed by atoms with Crippen LogP contribution >= 0.6 is 0 Å². The minimum absolute atomic E-state index is 0.0227. The molecule has 3 aromatic rings. The molecule has 3 rings (SSSR count). The molecule has 0 spiro atoms. The average Bonchev–Trinajstić information content (AvgIpc) is 3.15. The van der Waals surface area contributed by atoms with E-state index in [2.05, 4.69) is 17.2 Å². The Morgan fingerprint density at radius 2 is 1.48 bits per heavy atom. The van der Waals surface area contributed by atoms with Crippen molar-refractivity contribution in [3.05, 3.63) is 71.9 Å². The summed E-state index contributed by atoms with van der Waals surface area (Å²) in [5.74, 6) is -0.0227. The van der Waals surface area contributed by atoms with Crippen molar-refractivity contribution in [1.29, 1.82) is 0 Å². The van der Waals surface area contributed by atoms with Crippen molar-refractivity contribution in [2.75, 3.05) is 0 Å². The summed E-state index contributed by atoms with van der Waals surface area (Å²) in [7, 11) is 0. The van der Waals surface area contributed by atoms with E-state index in [1.54, 1.807) is 4.68 Å². The van der Waals surface area contributed by atoms with E-state index in [1.807, 2.05) is 60.7 Å². The van der Waals surface area contributed by atoms with E-state index in [1.165, 1.54) is 25.7 Å². The summed E-state index contributed by atoms with van der Waals surface area (Å²) < 4.78 is 1.79. The molecule has 0 aliphatic heterocycles. The smallest absolute Gasteiger partial charge is 0.213 e. The van der Waals surface area contributed by atoms with Crippen LogP contribution in [0.5, 0.6) is 0 Å². The molecule has 0 aliphatic carbocycles. The number of aryl methyl sites for hydroxylation is 1. The number of benzene rings is 2. The van der Waals surface area contributed by atoms with Gasteiger partial charge in [0.05, 0.1) is 0 Å². The Morgan fingerprint density at radius 3 is 2.19 bits per heavy atom. The van der Waals surface area contributed by atoms with Crippen LogP contribution in [0.25, 0.3) is 11.3 Å². The highest BCUT2D eigenvalue weighted by Crippen LogP contribution is 2.24. The topological polar surface area (TPSA) is 47.8 Å². The highest BCUT2D eigenvalue weighted by Gasteiger charge is 2.22. The van der Waals surface area contributed by atoms with Gasteiger partial charge in [-0.3, -0.25) is 4.79 Å². The molecule has 0 saturated heterocycles. The molecular formula is C23H27N3O. The Morgan fingerprint density at radius 1 is 0.852 bits per heavy atom. The van der Waals surface area contributed by atoms with E-state index >= 15 is 0 Å². The summed E-state index contributed by atoms with van der Waals surface area (Å²) in [4.78, 5) is 13.2. The number of unbranched alkanes of at least 4 members (excludes halogenated alkanes) is 5. The molecule has 0 unspecified atom stereocenters. The van der Waals surface area contributed by atoms with Crippen molar-refractivity contribution in [2.24, 2.45) is 0 Å². The number of hydrogen-bond acceptors (Lipinski definition) is 3. The Kier molecular flexibility index (Phi) is 6.91. The molecule has 0 N–H and O–H groups in total. The van der Waals surface area contributed by atoms with Gasteiger partial charge in [-0.05, 0) is 6.42 Å². The molecule has 1 heterocycles. The third-order valence-electron chi connectivity index (χ3n) is 4.76. The van der Waals surface area contributed by atoms with Crippen molar-refractivity contribution in [3.8, 4) is 11.3 Å².